The lowest BCUT2D eigenvalue weighted by Gasteiger charge is -2.20. The van der Waals surface area contributed by atoms with Crippen molar-refractivity contribution < 1.29 is 8.78 Å². The van der Waals surface area contributed by atoms with Gasteiger partial charge in [-0.25, -0.2) is 13.8 Å². The molecule has 0 fully saturated rings. The molecule has 1 aromatic carbocycles. The summed E-state index contributed by atoms with van der Waals surface area (Å²) in [6.07, 6.45) is 0. The predicted octanol–water partition coefficient (Wildman–Crippen LogP) is 4.45. The Hall–Kier alpha value is -1.33. The Morgan fingerprint density at radius 1 is 1.05 bits per heavy atom. The normalized spacial score (nSPS) is 14.3. The van der Waals surface area contributed by atoms with Crippen LogP contribution in [0.15, 0.2) is 18.2 Å². The zero-order valence-electron chi connectivity index (χ0n) is 12.0. The summed E-state index contributed by atoms with van der Waals surface area (Å²) < 4.78 is 26.5. The van der Waals surface area contributed by atoms with Crippen LogP contribution in [0.4, 0.5) is 8.78 Å². The van der Waals surface area contributed by atoms with Crippen molar-refractivity contribution in [1.29, 1.82) is 0 Å². The maximum atomic E-state index is 13.2. The van der Waals surface area contributed by atoms with Crippen molar-refractivity contribution in [3.8, 4) is 0 Å². The van der Waals surface area contributed by atoms with E-state index in [4.69, 9.17) is 0 Å². The Bertz CT molecular complexity index is 590. The van der Waals surface area contributed by atoms with Crippen LogP contribution in [0.5, 0.6) is 0 Å². The number of aromatic nitrogens is 1. The van der Waals surface area contributed by atoms with Gasteiger partial charge < -0.3 is 5.32 Å². The first-order valence-electron chi connectivity index (χ1n) is 6.52. The summed E-state index contributed by atoms with van der Waals surface area (Å²) in [4.78, 5) is 5.56. The SMILES string of the molecule is Cc1nc(C)c(C(C)NC(C)c2cc(F)cc(F)c2)s1. The highest BCUT2D eigenvalue weighted by Gasteiger charge is 2.16. The average Bonchev–Trinajstić information content (AvgIpc) is 2.67. The maximum absolute atomic E-state index is 13.2. The first kappa shape index (κ1) is 15.1. The minimum absolute atomic E-state index is 0.0857. The molecule has 0 saturated heterocycles. The lowest BCUT2D eigenvalue weighted by atomic mass is 10.1. The second-order valence-corrected chi connectivity index (χ2v) is 6.23. The molecule has 20 heavy (non-hydrogen) atoms. The molecule has 2 atom stereocenters. The summed E-state index contributed by atoms with van der Waals surface area (Å²) >= 11 is 1.64. The van der Waals surface area contributed by atoms with E-state index in [1.807, 2.05) is 27.7 Å². The molecule has 5 heteroatoms. The third-order valence-electron chi connectivity index (χ3n) is 3.22. The Balaban J connectivity index is 2.14. The van der Waals surface area contributed by atoms with Crippen LogP contribution in [0, 0.1) is 25.5 Å². The van der Waals surface area contributed by atoms with Crippen molar-refractivity contribution in [1.82, 2.24) is 10.3 Å². The molecule has 0 aliphatic carbocycles. The topological polar surface area (TPSA) is 24.9 Å². The lowest BCUT2D eigenvalue weighted by Crippen LogP contribution is -2.22. The molecule has 0 bridgehead atoms. The number of rotatable bonds is 4. The molecule has 2 aromatic rings. The molecule has 1 heterocycles. The summed E-state index contributed by atoms with van der Waals surface area (Å²) in [6, 6.07) is 3.55. The van der Waals surface area contributed by atoms with Gasteiger partial charge >= 0.3 is 0 Å². The summed E-state index contributed by atoms with van der Waals surface area (Å²) in [7, 11) is 0. The van der Waals surface area contributed by atoms with E-state index in [9.17, 15) is 8.78 Å². The van der Waals surface area contributed by atoms with Crippen LogP contribution in [0.25, 0.3) is 0 Å². The van der Waals surface area contributed by atoms with Gasteiger partial charge in [0, 0.05) is 23.0 Å². The highest BCUT2D eigenvalue weighted by molar-refractivity contribution is 7.11. The Kier molecular flexibility index (Phi) is 4.50. The van der Waals surface area contributed by atoms with Gasteiger partial charge in [0.2, 0.25) is 0 Å². The second kappa shape index (κ2) is 5.97. The number of nitrogens with zero attached hydrogens (tertiary/aromatic N) is 1. The van der Waals surface area contributed by atoms with E-state index in [0.29, 0.717) is 5.56 Å². The number of nitrogens with one attached hydrogen (secondary N) is 1. The highest BCUT2D eigenvalue weighted by Crippen LogP contribution is 2.27. The third kappa shape index (κ3) is 3.41. The largest absolute Gasteiger partial charge is 0.303 e. The van der Waals surface area contributed by atoms with Gasteiger partial charge in [0.15, 0.2) is 0 Å². The highest BCUT2D eigenvalue weighted by atomic mass is 32.1. The molecule has 108 valence electrons. The summed E-state index contributed by atoms with van der Waals surface area (Å²) in [6.45, 7) is 7.88. The van der Waals surface area contributed by atoms with E-state index in [2.05, 4.69) is 10.3 Å². The van der Waals surface area contributed by atoms with Gasteiger partial charge in [-0.2, -0.15) is 0 Å². The third-order valence-corrected chi connectivity index (χ3v) is 4.47. The van der Waals surface area contributed by atoms with Crippen LogP contribution < -0.4 is 5.32 Å². The molecule has 0 aliphatic heterocycles. The van der Waals surface area contributed by atoms with Crippen molar-refractivity contribution in [2.75, 3.05) is 0 Å². The van der Waals surface area contributed by atoms with Gasteiger partial charge in [-0.1, -0.05) is 0 Å². The van der Waals surface area contributed by atoms with Crippen molar-refractivity contribution in [2.24, 2.45) is 0 Å². The van der Waals surface area contributed by atoms with Crippen LogP contribution in [0.2, 0.25) is 0 Å². The van der Waals surface area contributed by atoms with Crippen molar-refractivity contribution in [3.05, 3.63) is 51.0 Å². The molecule has 1 aromatic heterocycles. The smallest absolute Gasteiger partial charge is 0.126 e. The number of halogens is 2. The van der Waals surface area contributed by atoms with Crippen molar-refractivity contribution >= 4 is 11.3 Å². The van der Waals surface area contributed by atoms with Crippen molar-refractivity contribution in [3.63, 3.8) is 0 Å². The van der Waals surface area contributed by atoms with Crippen LogP contribution in [0.1, 0.15) is 47.1 Å². The first-order chi connectivity index (χ1) is 9.36. The zero-order chi connectivity index (χ0) is 14.9. The standard InChI is InChI=1S/C15H18F2N2S/c1-8(12-5-13(16)7-14(17)6-12)18-9(2)15-10(3)19-11(4)20-15/h5-9,18H,1-4H3. The summed E-state index contributed by atoms with van der Waals surface area (Å²) in [5.41, 5.74) is 1.61. The molecule has 2 nitrogen and oxygen atoms in total. The number of hydrogen-bond donors (Lipinski definition) is 1. The number of benzene rings is 1. The molecular formula is C15H18F2N2S. The van der Waals surface area contributed by atoms with Crippen LogP contribution in [-0.2, 0) is 0 Å². The van der Waals surface area contributed by atoms with Gasteiger partial charge in [0.05, 0.1) is 10.7 Å². The fourth-order valence-corrected chi connectivity index (χ4v) is 3.26. The lowest BCUT2D eigenvalue weighted by molar-refractivity contribution is 0.490. The molecular weight excluding hydrogens is 278 g/mol. The Morgan fingerprint density at radius 3 is 2.15 bits per heavy atom. The molecule has 2 unspecified atom stereocenters. The molecule has 0 spiro atoms. The number of hydrogen-bond acceptors (Lipinski definition) is 3. The van der Waals surface area contributed by atoms with Crippen molar-refractivity contribution in [2.45, 2.75) is 39.8 Å². The quantitative estimate of drug-likeness (QED) is 0.901. The predicted molar refractivity (Wildman–Crippen MR) is 77.9 cm³/mol. The molecule has 0 saturated carbocycles. The minimum Gasteiger partial charge on any atom is -0.303 e. The van der Waals surface area contributed by atoms with Crippen LogP contribution >= 0.6 is 11.3 Å². The van der Waals surface area contributed by atoms with Crippen LogP contribution in [-0.4, -0.2) is 4.98 Å². The van der Waals surface area contributed by atoms with E-state index in [-0.39, 0.29) is 12.1 Å². The fourth-order valence-electron chi connectivity index (χ4n) is 2.32. The fraction of sp³-hybridized carbons (Fsp3) is 0.400. The summed E-state index contributed by atoms with van der Waals surface area (Å²) in [5, 5.41) is 4.38. The first-order valence-corrected chi connectivity index (χ1v) is 7.34. The zero-order valence-corrected chi connectivity index (χ0v) is 12.8. The Morgan fingerprint density at radius 2 is 1.65 bits per heavy atom. The molecule has 2 rings (SSSR count). The molecule has 1 N–H and O–H groups in total. The van der Waals surface area contributed by atoms with Gasteiger partial charge in [0.25, 0.3) is 0 Å². The number of aryl methyl sites for hydroxylation is 2. The Labute approximate surface area is 121 Å². The molecule has 0 amide bonds. The van der Waals surface area contributed by atoms with E-state index in [1.54, 1.807) is 11.3 Å². The van der Waals surface area contributed by atoms with Crippen LogP contribution in [0.3, 0.4) is 0 Å². The van der Waals surface area contributed by atoms with E-state index < -0.39 is 11.6 Å². The second-order valence-electron chi connectivity index (χ2n) is 5.00. The minimum atomic E-state index is -0.550. The monoisotopic (exact) mass is 296 g/mol. The van der Waals surface area contributed by atoms with Gasteiger partial charge in [-0.15, -0.1) is 11.3 Å². The summed E-state index contributed by atoms with van der Waals surface area (Å²) in [5.74, 6) is -1.10. The van der Waals surface area contributed by atoms with Gasteiger partial charge in [-0.3, -0.25) is 0 Å². The van der Waals surface area contributed by atoms with E-state index in [1.165, 1.54) is 12.1 Å². The maximum Gasteiger partial charge on any atom is 0.126 e. The molecule has 0 aliphatic rings. The number of thiazole rings is 1. The van der Waals surface area contributed by atoms with E-state index in [0.717, 1.165) is 21.6 Å². The van der Waals surface area contributed by atoms with E-state index >= 15 is 0 Å². The van der Waals surface area contributed by atoms with Gasteiger partial charge in [0.1, 0.15) is 11.6 Å². The average molecular weight is 296 g/mol. The van der Waals surface area contributed by atoms with Gasteiger partial charge in [-0.05, 0) is 45.4 Å². The molecule has 0 radical (unpaired) electrons.